The van der Waals surface area contributed by atoms with Crippen molar-refractivity contribution in [1.29, 1.82) is 0 Å². The molecule has 0 aliphatic heterocycles. The van der Waals surface area contributed by atoms with E-state index in [1.165, 1.54) is 5.56 Å². The second kappa shape index (κ2) is 8.54. The third kappa shape index (κ3) is 7.20. The Morgan fingerprint density at radius 1 is 0.733 bits per heavy atom. The molecule has 2 aromatic rings. The number of phenols is 1. The average molecular weight is 209 g/mol. The van der Waals surface area contributed by atoms with Gasteiger partial charge in [-0.1, -0.05) is 54.1 Å². The third-order valence-electron chi connectivity index (χ3n) is 1.70. The van der Waals surface area contributed by atoms with Gasteiger partial charge in [0, 0.05) is 29.6 Å². The van der Waals surface area contributed by atoms with E-state index in [9.17, 15) is 0 Å². The molecule has 0 saturated heterocycles. The summed E-state index contributed by atoms with van der Waals surface area (Å²) in [5.74, 6) is 0.322. The van der Waals surface area contributed by atoms with Crippen LogP contribution in [0.4, 0.5) is 0 Å². The number of rotatable bonds is 0. The van der Waals surface area contributed by atoms with Crippen molar-refractivity contribution in [3.8, 4) is 5.75 Å². The Balaban J connectivity index is 0.000000245. The first-order valence-electron chi connectivity index (χ1n) is 4.54. The molecule has 0 aliphatic carbocycles. The van der Waals surface area contributed by atoms with Crippen molar-refractivity contribution in [2.24, 2.45) is 0 Å². The number of hydrogen-bond acceptors (Lipinski definition) is 1. The molecule has 0 heterocycles. The van der Waals surface area contributed by atoms with Crippen molar-refractivity contribution in [2.75, 3.05) is 0 Å². The van der Waals surface area contributed by atoms with Crippen LogP contribution in [0.15, 0.2) is 60.7 Å². The van der Waals surface area contributed by atoms with Crippen LogP contribution in [0.3, 0.4) is 0 Å². The molecule has 1 N–H and O–H groups in total. The molecule has 2 aromatic carbocycles. The molecule has 0 bridgehead atoms. The molecule has 73 valence electrons. The quantitative estimate of drug-likeness (QED) is 0.661. The summed E-state index contributed by atoms with van der Waals surface area (Å²) in [6, 6.07) is 19.0. The molecule has 0 saturated carbocycles. The Kier molecular flexibility index (Phi) is 8.11. The van der Waals surface area contributed by atoms with Crippen molar-refractivity contribution in [2.45, 2.75) is 6.92 Å². The van der Waals surface area contributed by atoms with E-state index in [0.717, 1.165) is 0 Å². The van der Waals surface area contributed by atoms with E-state index in [4.69, 9.17) is 5.11 Å². The number of phenolic OH excluding ortho intramolecular Hbond substituents is 1. The Hall–Kier alpha value is -0.760. The van der Waals surface area contributed by atoms with E-state index in [1.54, 1.807) is 24.3 Å². The first kappa shape index (κ1) is 14.2. The summed E-state index contributed by atoms with van der Waals surface area (Å²) in [6.45, 7) is 2.08. The van der Waals surface area contributed by atoms with Crippen LogP contribution in [0.5, 0.6) is 5.75 Å². The summed E-state index contributed by atoms with van der Waals surface area (Å²) in [5, 5.41) is 8.63. The molecule has 0 spiro atoms. The molecular weight excluding hydrogens is 195 g/mol. The maximum atomic E-state index is 8.63. The number of para-hydroxylation sites is 1. The van der Waals surface area contributed by atoms with Gasteiger partial charge in [0.2, 0.25) is 0 Å². The van der Waals surface area contributed by atoms with Crippen LogP contribution in [0, 0.1) is 6.92 Å². The summed E-state index contributed by atoms with van der Waals surface area (Å²) in [6.07, 6.45) is 0. The summed E-state index contributed by atoms with van der Waals surface area (Å²) in [4.78, 5) is 0. The minimum Gasteiger partial charge on any atom is -0.508 e. The van der Waals surface area contributed by atoms with Crippen molar-refractivity contribution >= 4 is 29.6 Å². The van der Waals surface area contributed by atoms with E-state index in [-0.39, 0.29) is 29.6 Å². The zero-order chi connectivity index (χ0) is 10.2. The van der Waals surface area contributed by atoms with Crippen LogP contribution in [0.1, 0.15) is 5.56 Å². The smallest absolute Gasteiger partial charge is 0.115 e. The standard InChI is InChI=1S/C7H8.C6H6O.Na/c1-7-5-3-2-4-6-7;7-6-4-2-1-3-5-6;/h2-6H,1H3;1-5,7H;. The molecule has 0 atom stereocenters. The van der Waals surface area contributed by atoms with Crippen molar-refractivity contribution in [1.82, 2.24) is 0 Å². The van der Waals surface area contributed by atoms with Crippen LogP contribution >= 0.6 is 0 Å². The Bertz CT molecular complexity index is 308. The van der Waals surface area contributed by atoms with E-state index in [0.29, 0.717) is 5.75 Å². The predicted molar refractivity (Wildman–Crippen MR) is 65.0 cm³/mol. The zero-order valence-corrected chi connectivity index (χ0v) is 11.2. The molecule has 15 heavy (non-hydrogen) atoms. The van der Waals surface area contributed by atoms with Crippen LogP contribution in [-0.2, 0) is 0 Å². The van der Waals surface area contributed by atoms with Crippen LogP contribution in [-0.4, -0.2) is 34.7 Å². The van der Waals surface area contributed by atoms with E-state index in [2.05, 4.69) is 19.1 Å². The third-order valence-corrected chi connectivity index (χ3v) is 1.70. The van der Waals surface area contributed by atoms with Gasteiger partial charge in [0.05, 0.1) is 0 Å². The fraction of sp³-hybridized carbons (Fsp3) is 0.0769. The zero-order valence-electron chi connectivity index (χ0n) is 9.22. The van der Waals surface area contributed by atoms with Crippen LogP contribution < -0.4 is 0 Å². The summed E-state index contributed by atoms with van der Waals surface area (Å²) < 4.78 is 0. The second-order valence-electron chi connectivity index (χ2n) is 2.99. The molecule has 2 rings (SSSR count). The Labute approximate surface area is 113 Å². The van der Waals surface area contributed by atoms with Crippen molar-refractivity contribution < 1.29 is 5.11 Å². The molecule has 0 unspecified atom stereocenters. The fourth-order valence-electron chi connectivity index (χ4n) is 0.962. The normalized spacial score (nSPS) is 8.07. The second-order valence-corrected chi connectivity index (χ2v) is 2.99. The first-order chi connectivity index (χ1) is 6.79. The minimum atomic E-state index is 0. The van der Waals surface area contributed by atoms with Crippen LogP contribution in [0.2, 0.25) is 0 Å². The molecule has 0 amide bonds. The van der Waals surface area contributed by atoms with E-state index < -0.39 is 0 Å². The number of hydrogen-bond donors (Lipinski definition) is 1. The maximum absolute atomic E-state index is 8.63. The van der Waals surface area contributed by atoms with Crippen molar-refractivity contribution in [3.63, 3.8) is 0 Å². The molecule has 1 nitrogen and oxygen atoms in total. The van der Waals surface area contributed by atoms with Gasteiger partial charge in [0.1, 0.15) is 5.75 Å². The van der Waals surface area contributed by atoms with Gasteiger partial charge in [-0.3, -0.25) is 0 Å². The topological polar surface area (TPSA) is 20.2 Å². The molecule has 2 heteroatoms. The Morgan fingerprint density at radius 3 is 1.33 bits per heavy atom. The van der Waals surface area contributed by atoms with Gasteiger partial charge < -0.3 is 5.11 Å². The number of aromatic hydroxyl groups is 1. The van der Waals surface area contributed by atoms with Gasteiger partial charge in [0.25, 0.3) is 0 Å². The molecule has 0 aliphatic rings. The van der Waals surface area contributed by atoms with E-state index in [1.807, 2.05) is 24.3 Å². The van der Waals surface area contributed by atoms with Gasteiger partial charge >= 0.3 is 0 Å². The maximum Gasteiger partial charge on any atom is 0.115 e. The predicted octanol–water partition coefficient (Wildman–Crippen LogP) is 3.01. The molecular formula is C13H14NaO. The SMILES string of the molecule is Cc1ccccc1.Oc1ccccc1.[Na]. The van der Waals surface area contributed by atoms with E-state index >= 15 is 0 Å². The average Bonchev–Trinajstić information content (AvgIpc) is 2.21. The van der Waals surface area contributed by atoms with Crippen molar-refractivity contribution in [3.05, 3.63) is 66.2 Å². The van der Waals surface area contributed by atoms with Gasteiger partial charge in [-0.2, -0.15) is 0 Å². The fourth-order valence-corrected chi connectivity index (χ4v) is 0.962. The molecule has 0 aromatic heterocycles. The summed E-state index contributed by atoms with van der Waals surface area (Å²) in [7, 11) is 0. The summed E-state index contributed by atoms with van der Waals surface area (Å²) >= 11 is 0. The Morgan fingerprint density at radius 2 is 1.13 bits per heavy atom. The number of benzene rings is 2. The molecule has 1 radical (unpaired) electrons. The van der Waals surface area contributed by atoms with Crippen LogP contribution in [0.25, 0.3) is 0 Å². The van der Waals surface area contributed by atoms with Gasteiger partial charge in [0.15, 0.2) is 0 Å². The van der Waals surface area contributed by atoms with Gasteiger partial charge in [-0.15, -0.1) is 0 Å². The van der Waals surface area contributed by atoms with Gasteiger partial charge in [-0.25, -0.2) is 0 Å². The summed E-state index contributed by atoms with van der Waals surface area (Å²) in [5.41, 5.74) is 1.32. The monoisotopic (exact) mass is 209 g/mol. The first-order valence-corrected chi connectivity index (χ1v) is 4.54. The molecule has 0 fully saturated rings. The van der Waals surface area contributed by atoms with Gasteiger partial charge in [-0.05, 0) is 19.1 Å². The largest absolute Gasteiger partial charge is 0.508 e. The minimum absolute atomic E-state index is 0. The number of aryl methyl sites for hydroxylation is 1.